The molecule has 1 N–H and O–H groups in total. The molecule has 0 atom stereocenters. The van der Waals surface area contributed by atoms with E-state index in [9.17, 15) is 4.79 Å². The van der Waals surface area contributed by atoms with Crippen molar-refractivity contribution < 1.29 is 9.53 Å². The van der Waals surface area contributed by atoms with Crippen LogP contribution in [0.15, 0.2) is 29.4 Å². The maximum absolute atomic E-state index is 12.3. The Bertz CT molecular complexity index is 787. The lowest BCUT2D eigenvalue weighted by Crippen LogP contribution is -2.38. The molecule has 1 aromatic heterocycles. The molecule has 0 aliphatic carbocycles. The molecule has 1 fully saturated rings. The third kappa shape index (κ3) is 5.48. The predicted octanol–water partition coefficient (Wildman–Crippen LogP) is 2.49. The van der Waals surface area contributed by atoms with E-state index in [0.29, 0.717) is 31.4 Å². The van der Waals surface area contributed by atoms with Crippen molar-refractivity contribution in [2.24, 2.45) is 5.92 Å². The molecular formula is C20H29N5O2S. The van der Waals surface area contributed by atoms with Gasteiger partial charge < -0.3 is 15.0 Å². The minimum atomic E-state index is 0.000252. The number of thioether (sulfide) groups is 1. The molecule has 1 aliphatic heterocycles. The number of hydrogen-bond acceptors (Lipinski definition) is 6. The number of hydrogen-bond donors (Lipinski definition) is 1. The quantitative estimate of drug-likeness (QED) is 0.683. The van der Waals surface area contributed by atoms with Crippen molar-refractivity contribution in [3.63, 3.8) is 0 Å². The SMILES string of the molecule is Cc1ccccc1CNC(=O)CSc1nnc(N2CCOCC2)n1CC(C)C. The molecule has 0 spiro atoms. The highest BCUT2D eigenvalue weighted by Gasteiger charge is 2.21. The summed E-state index contributed by atoms with van der Waals surface area (Å²) in [6, 6.07) is 8.09. The van der Waals surface area contributed by atoms with Gasteiger partial charge in [0.05, 0.1) is 19.0 Å². The largest absolute Gasteiger partial charge is 0.378 e. The number of rotatable bonds is 8. The molecule has 2 aromatic rings. The number of carbonyl (C=O) groups is 1. The van der Waals surface area contributed by atoms with E-state index in [1.54, 1.807) is 0 Å². The van der Waals surface area contributed by atoms with E-state index >= 15 is 0 Å². The van der Waals surface area contributed by atoms with Crippen LogP contribution in [0.5, 0.6) is 0 Å². The molecule has 28 heavy (non-hydrogen) atoms. The number of nitrogens with one attached hydrogen (secondary N) is 1. The molecule has 1 aromatic carbocycles. The smallest absolute Gasteiger partial charge is 0.230 e. The molecule has 1 amide bonds. The summed E-state index contributed by atoms with van der Waals surface area (Å²) >= 11 is 1.44. The van der Waals surface area contributed by atoms with Gasteiger partial charge in [0.1, 0.15) is 0 Å². The van der Waals surface area contributed by atoms with E-state index in [2.05, 4.69) is 51.8 Å². The first-order chi connectivity index (χ1) is 13.5. The van der Waals surface area contributed by atoms with Crippen LogP contribution in [0.2, 0.25) is 0 Å². The fourth-order valence-corrected chi connectivity index (χ4v) is 3.87. The van der Waals surface area contributed by atoms with E-state index in [-0.39, 0.29) is 5.91 Å². The summed E-state index contributed by atoms with van der Waals surface area (Å²) in [6.45, 7) is 10.8. The van der Waals surface area contributed by atoms with Crippen LogP contribution < -0.4 is 10.2 Å². The van der Waals surface area contributed by atoms with Crippen LogP contribution in [-0.4, -0.2) is 52.7 Å². The zero-order valence-electron chi connectivity index (χ0n) is 16.9. The van der Waals surface area contributed by atoms with Crippen molar-refractivity contribution in [1.29, 1.82) is 0 Å². The van der Waals surface area contributed by atoms with Crippen LogP contribution in [0, 0.1) is 12.8 Å². The molecule has 0 saturated carbocycles. The number of benzene rings is 1. The van der Waals surface area contributed by atoms with Crippen LogP contribution in [0.25, 0.3) is 0 Å². The minimum Gasteiger partial charge on any atom is -0.378 e. The Morgan fingerprint density at radius 1 is 1.25 bits per heavy atom. The Morgan fingerprint density at radius 2 is 2.00 bits per heavy atom. The molecule has 152 valence electrons. The summed E-state index contributed by atoms with van der Waals surface area (Å²) in [4.78, 5) is 14.5. The number of aromatic nitrogens is 3. The fourth-order valence-electron chi connectivity index (χ4n) is 3.09. The third-order valence-electron chi connectivity index (χ3n) is 4.61. The van der Waals surface area contributed by atoms with E-state index < -0.39 is 0 Å². The maximum atomic E-state index is 12.3. The molecule has 2 heterocycles. The Morgan fingerprint density at radius 3 is 2.71 bits per heavy atom. The summed E-state index contributed by atoms with van der Waals surface area (Å²) in [5.74, 6) is 1.66. The van der Waals surface area contributed by atoms with Crippen LogP contribution in [0.1, 0.15) is 25.0 Å². The van der Waals surface area contributed by atoms with Crippen LogP contribution >= 0.6 is 11.8 Å². The molecule has 1 saturated heterocycles. The lowest BCUT2D eigenvalue weighted by molar-refractivity contribution is -0.118. The van der Waals surface area contributed by atoms with Gasteiger partial charge in [0.2, 0.25) is 11.9 Å². The summed E-state index contributed by atoms with van der Waals surface area (Å²) in [5.41, 5.74) is 2.32. The second kappa shape index (κ2) is 9.93. The first-order valence-corrected chi connectivity index (χ1v) is 10.7. The van der Waals surface area contributed by atoms with Gasteiger partial charge in [-0.3, -0.25) is 9.36 Å². The third-order valence-corrected chi connectivity index (χ3v) is 5.58. The van der Waals surface area contributed by atoms with Crippen LogP contribution in [-0.2, 0) is 22.6 Å². The fraction of sp³-hybridized carbons (Fsp3) is 0.550. The average Bonchev–Trinajstić information content (AvgIpc) is 3.08. The minimum absolute atomic E-state index is 0.000252. The number of amides is 1. The molecule has 1 aliphatic rings. The maximum Gasteiger partial charge on any atom is 0.230 e. The van der Waals surface area contributed by atoms with Crippen LogP contribution in [0.3, 0.4) is 0 Å². The summed E-state index contributed by atoms with van der Waals surface area (Å²) in [7, 11) is 0. The van der Waals surface area contributed by atoms with Crippen molar-refractivity contribution in [3.8, 4) is 0 Å². The number of ether oxygens (including phenoxy) is 1. The number of nitrogens with zero attached hydrogens (tertiary/aromatic N) is 4. The highest BCUT2D eigenvalue weighted by atomic mass is 32.2. The van der Waals surface area contributed by atoms with Crippen LogP contribution in [0.4, 0.5) is 5.95 Å². The molecule has 3 rings (SSSR count). The van der Waals surface area contributed by atoms with Crippen molar-refractivity contribution in [2.45, 2.75) is 39.0 Å². The number of anilines is 1. The van der Waals surface area contributed by atoms with Gasteiger partial charge in [0.15, 0.2) is 5.16 Å². The van der Waals surface area contributed by atoms with Crippen molar-refractivity contribution >= 4 is 23.6 Å². The normalized spacial score (nSPS) is 14.5. The highest BCUT2D eigenvalue weighted by molar-refractivity contribution is 7.99. The topological polar surface area (TPSA) is 72.3 Å². The van der Waals surface area contributed by atoms with Gasteiger partial charge in [-0.1, -0.05) is 49.9 Å². The Kier molecular flexibility index (Phi) is 7.33. The summed E-state index contributed by atoms with van der Waals surface area (Å²) in [6.07, 6.45) is 0. The van der Waals surface area contributed by atoms with Crippen molar-refractivity contribution in [1.82, 2.24) is 20.1 Å². The second-order valence-electron chi connectivity index (χ2n) is 7.38. The average molecular weight is 404 g/mol. The number of carbonyl (C=O) groups excluding carboxylic acids is 1. The Hall–Kier alpha value is -2.06. The zero-order valence-corrected chi connectivity index (χ0v) is 17.7. The molecule has 0 bridgehead atoms. The first kappa shape index (κ1) is 20.7. The highest BCUT2D eigenvalue weighted by Crippen LogP contribution is 2.24. The van der Waals surface area contributed by atoms with Gasteiger partial charge in [-0.15, -0.1) is 10.2 Å². The van der Waals surface area contributed by atoms with Gasteiger partial charge in [-0.25, -0.2) is 0 Å². The van der Waals surface area contributed by atoms with E-state index in [4.69, 9.17) is 4.74 Å². The second-order valence-corrected chi connectivity index (χ2v) is 8.32. The zero-order chi connectivity index (χ0) is 19.9. The lowest BCUT2D eigenvalue weighted by atomic mass is 10.1. The number of morpholine rings is 1. The van der Waals surface area contributed by atoms with Crippen molar-refractivity contribution in [3.05, 3.63) is 35.4 Å². The van der Waals surface area contributed by atoms with Gasteiger partial charge in [0, 0.05) is 26.2 Å². The first-order valence-electron chi connectivity index (χ1n) is 9.74. The molecule has 0 unspecified atom stereocenters. The van der Waals surface area contributed by atoms with Crippen molar-refractivity contribution in [2.75, 3.05) is 37.0 Å². The summed E-state index contributed by atoms with van der Waals surface area (Å²) in [5, 5.41) is 12.6. The molecule has 0 radical (unpaired) electrons. The molecule has 7 nitrogen and oxygen atoms in total. The predicted molar refractivity (Wildman–Crippen MR) is 112 cm³/mol. The monoisotopic (exact) mass is 403 g/mol. The van der Waals surface area contributed by atoms with E-state index in [0.717, 1.165) is 36.3 Å². The van der Waals surface area contributed by atoms with E-state index in [1.165, 1.54) is 17.3 Å². The van der Waals surface area contributed by atoms with Gasteiger partial charge in [-0.05, 0) is 24.0 Å². The van der Waals surface area contributed by atoms with Gasteiger partial charge in [0.25, 0.3) is 0 Å². The Labute approximate surface area is 170 Å². The van der Waals surface area contributed by atoms with E-state index in [1.807, 2.05) is 18.2 Å². The Balaban J connectivity index is 1.60. The molecule has 8 heteroatoms. The standard InChI is InChI=1S/C20H29N5O2S/c1-15(2)13-25-19(24-8-10-27-11-9-24)22-23-20(25)28-14-18(26)21-12-17-7-5-4-6-16(17)3/h4-7,15H,8-14H2,1-3H3,(H,21,26). The molecular weight excluding hydrogens is 374 g/mol. The lowest BCUT2D eigenvalue weighted by Gasteiger charge is -2.28. The summed E-state index contributed by atoms with van der Waals surface area (Å²) < 4.78 is 7.58. The number of aryl methyl sites for hydroxylation is 1. The van der Waals surface area contributed by atoms with Gasteiger partial charge >= 0.3 is 0 Å². The van der Waals surface area contributed by atoms with Gasteiger partial charge in [-0.2, -0.15) is 0 Å².